The predicted octanol–water partition coefficient (Wildman–Crippen LogP) is 4.02. The third-order valence-electron chi connectivity index (χ3n) is 4.49. The van der Waals surface area contributed by atoms with Crippen LogP contribution in [-0.4, -0.2) is 27.3 Å². The van der Waals surface area contributed by atoms with Gasteiger partial charge in [0.2, 0.25) is 5.91 Å². The fraction of sp³-hybridized carbons (Fsp3) is 0.130. The van der Waals surface area contributed by atoms with Gasteiger partial charge in [0.25, 0.3) is 15.9 Å². The number of rotatable bonds is 7. The molecule has 0 fully saturated rings. The molecule has 0 unspecified atom stereocenters. The lowest BCUT2D eigenvalue weighted by molar-refractivity contribution is -0.114. The van der Waals surface area contributed by atoms with Crippen molar-refractivity contribution in [3.8, 4) is 5.75 Å². The molecule has 0 aliphatic rings. The highest BCUT2D eigenvalue weighted by Crippen LogP contribution is 2.29. The molecule has 0 spiro atoms. The summed E-state index contributed by atoms with van der Waals surface area (Å²) in [6.45, 7) is 3.24. The summed E-state index contributed by atoms with van der Waals surface area (Å²) >= 11 is 0. The number of ether oxygens (including phenoxy) is 1. The summed E-state index contributed by atoms with van der Waals surface area (Å²) < 4.78 is 33.7. The monoisotopic (exact) mass is 453 g/mol. The molecule has 2 amide bonds. The fourth-order valence-corrected chi connectivity index (χ4v) is 4.12. The number of nitrogens with one attached hydrogen (secondary N) is 3. The molecular formula is C23H23N3O5S. The van der Waals surface area contributed by atoms with Crippen LogP contribution in [0, 0.1) is 6.92 Å². The van der Waals surface area contributed by atoms with Gasteiger partial charge >= 0.3 is 0 Å². The van der Waals surface area contributed by atoms with Crippen LogP contribution >= 0.6 is 0 Å². The highest BCUT2D eigenvalue weighted by atomic mass is 32.2. The molecule has 3 aromatic rings. The van der Waals surface area contributed by atoms with Gasteiger partial charge < -0.3 is 15.4 Å². The fourth-order valence-electron chi connectivity index (χ4n) is 3.03. The first-order valence-electron chi connectivity index (χ1n) is 9.65. The average molecular weight is 454 g/mol. The Bertz CT molecular complexity index is 1270. The maximum atomic E-state index is 13.0. The smallest absolute Gasteiger partial charge is 0.262 e. The van der Waals surface area contributed by atoms with Crippen LogP contribution in [0.1, 0.15) is 22.8 Å². The summed E-state index contributed by atoms with van der Waals surface area (Å²) in [5.74, 6) is -0.577. The van der Waals surface area contributed by atoms with E-state index in [0.29, 0.717) is 11.4 Å². The van der Waals surface area contributed by atoms with Gasteiger partial charge in [-0.15, -0.1) is 0 Å². The predicted molar refractivity (Wildman–Crippen MR) is 124 cm³/mol. The zero-order valence-electron chi connectivity index (χ0n) is 17.8. The van der Waals surface area contributed by atoms with Gasteiger partial charge in [0, 0.05) is 18.7 Å². The molecule has 0 saturated heterocycles. The molecule has 0 aliphatic carbocycles. The Kier molecular flexibility index (Phi) is 6.79. The Hall–Kier alpha value is -3.85. The molecule has 3 aromatic carbocycles. The van der Waals surface area contributed by atoms with Crippen molar-refractivity contribution in [1.82, 2.24) is 0 Å². The van der Waals surface area contributed by atoms with Crippen LogP contribution < -0.4 is 20.1 Å². The molecule has 3 rings (SSSR count). The molecule has 9 heteroatoms. The number of aryl methyl sites for hydroxylation is 1. The summed E-state index contributed by atoms with van der Waals surface area (Å²) in [7, 11) is -2.68. The number of anilines is 3. The van der Waals surface area contributed by atoms with Gasteiger partial charge in [0.15, 0.2) is 0 Å². The lowest BCUT2D eigenvalue weighted by Crippen LogP contribution is -2.19. The quantitative estimate of drug-likeness (QED) is 0.500. The Morgan fingerprint density at radius 1 is 0.875 bits per heavy atom. The lowest BCUT2D eigenvalue weighted by atomic mass is 10.1. The van der Waals surface area contributed by atoms with E-state index in [2.05, 4.69) is 15.4 Å². The topological polar surface area (TPSA) is 114 Å². The number of carbonyl (C=O) groups is 2. The van der Waals surface area contributed by atoms with Crippen molar-refractivity contribution in [2.75, 3.05) is 22.5 Å². The Balaban J connectivity index is 1.88. The SMILES string of the molecule is COc1cc(S(=O)(=O)Nc2ccccc2C(=O)Nc2cccc(C)c2)ccc1NC(C)=O. The third kappa shape index (κ3) is 5.44. The van der Waals surface area contributed by atoms with E-state index in [1.54, 1.807) is 18.2 Å². The molecular weight excluding hydrogens is 430 g/mol. The minimum atomic E-state index is -4.05. The van der Waals surface area contributed by atoms with Gasteiger partial charge in [0.1, 0.15) is 5.75 Å². The number of carbonyl (C=O) groups excluding carboxylic acids is 2. The van der Waals surface area contributed by atoms with E-state index in [9.17, 15) is 18.0 Å². The van der Waals surface area contributed by atoms with Crippen molar-refractivity contribution in [1.29, 1.82) is 0 Å². The van der Waals surface area contributed by atoms with Crippen molar-refractivity contribution in [2.45, 2.75) is 18.7 Å². The van der Waals surface area contributed by atoms with Crippen LogP contribution in [0.2, 0.25) is 0 Å². The molecule has 0 aromatic heterocycles. The van der Waals surface area contributed by atoms with Crippen molar-refractivity contribution < 1.29 is 22.7 Å². The van der Waals surface area contributed by atoms with Gasteiger partial charge in [-0.3, -0.25) is 14.3 Å². The maximum Gasteiger partial charge on any atom is 0.262 e. The largest absolute Gasteiger partial charge is 0.495 e. The van der Waals surface area contributed by atoms with E-state index in [1.807, 2.05) is 25.1 Å². The second kappa shape index (κ2) is 9.52. The number of hydrogen-bond acceptors (Lipinski definition) is 5. The van der Waals surface area contributed by atoms with Gasteiger partial charge in [-0.25, -0.2) is 8.42 Å². The Morgan fingerprint density at radius 2 is 1.62 bits per heavy atom. The summed E-state index contributed by atoms with van der Waals surface area (Å²) in [4.78, 5) is 24.0. The highest BCUT2D eigenvalue weighted by molar-refractivity contribution is 7.92. The zero-order chi connectivity index (χ0) is 23.3. The molecule has 8 nitrogen and oxygen atoms in total. The standard InChI is InChI=1S/C23H23N3O5S/c1-15-7-6-8-17(13-15)25-23(28)19-9-4-5-10-20(19)26-32(29,30)18-11-12-21(24-16(2)27)22(14-18)31-3/h4-14,26H,1-3H3,(H,24,27)(H,25,28). The normalized spacial score (nSPS) is 10.8. The number of amides is 2. The average Bonchev–Trinajstić information content (AvgIpc) is 2.73. The number of hydrogen-bond donors (Lipinski definition) is 3. The minimum absolute atomic E-state index is 0.0858. The van der Waals surface area contributed by atoms with E-state index < -0.39 is 15.9 Å². The van der Waals surface area contributed by atoms with Crippen LogP contribution in [0.5, 0.6) is 5.75 Å². The van der Waals surface area contributed by atoms with E-state index in [1.165, 1.54) is 44.4 Å². The summed E-state index contributed by atoms with van der Waals surface area (Å²) in [5.41, 5.74) is 2.22. The molecule has 0 radical (unpaired) electrons. The van der Waals surface area contributed by atoms with E-state index in [0.717, 1.165) is 5.56 Å². The van der Waals surface area contributed by atoms with Crippen molar-refractivity contribution in [3.05, 3.63) is 77.9 Å². The molecule has 32 heavy (non-hydrogen) atoms. The van der Waals surface area contributed by atoms with Crippen LogP contribution in [-0.2, 0) is 14.8 Å². The first kappa shape index (κ1) is 22.8. The van der Waals surface area contributed by atoms with Gasteiger partial charge in [-0.05, 0) is 48.9 Å². The van der Waals surface area contributed by atoms with Crippen molar-refractivity contribution in [2.24, 2.45) is 0 Å². The van der Waals surface area contributed by atoms with Gasteiger partial charge in [0.05, 0.1) is 28.9 Å². The van der Waals surface area contributed by atoms with E-state index in [-0.39, 0.29) is 27.8 Å². The molecule has 166 valence electrons. The van der Waals surface area contributed by atoms with Gasteiger partial charge in [-0.2, -0.15) is 0 Å². The molecule has 0 heterocycles. The first-order valence-corrected chi connectivity index (χ1v) is 11.1. The van der Waals surface area contributed by atoms with Gasteiger partial charge in [-0.1, -0.05) is 24.3 Å². The minimum Gasteiger partial charge on any atom is -0.495 e. The van der Waals surface area contributed by atoms with Crippen molar-refractivity contribution >= 4 is 38.9 Å². The summed E-state index contributed by atoms with van der Waals surface area (Å²) in [6, 6.07) is 17.7. The number of para-hydroxylation sites is 1. The molecule has 0 aliphatic heterocycles. The summed E-state index contributed by atoms with van der Waals surface area (Å²) in [6.07, 6.45) is 0. The van der Waals surface area contributed by atoms with E-state index in [4.69, 9.17) is 4.74 Å². The molecule has 0 atom stereocenters. The second-order valence-electron chi connectivity index (χ2n) is 7.02. The third-order valence-corrected chi connectivity index (χ3v) is 5.85. The molecule has 3 N–H and O–H groups in total. The van der Waals surface area contributed by atoms with Crippen LogP contribution in [0.3, 0.4) is 0 Å². The van der Waals surface area contributed by atoms with Crippen LogP contribution in [0.15, 0.2) is 71.6 Å². The lowest BCUT2D eigenvalue weighted by Gasteiger charge is -2.15. The van der Waals surface area contributed by atoms with Crippen molar-refractivity contribution in [3.63, 3.8) is 0 Å². The Morgan fingerprint density at radius 3 is 2.31 bits per heavy atom. The highest BCUT2D eigenvalue weighted by Gasteiger charge is 2.20. The number of sulfonamides is 1. The first-order chi connectivity index (χ1) is 15.2. The zero-order valence-corrected chi connectivity index (χ0v) is 18.6. The molecule has 0 bridgehead atoms. The molecule has 0 saturated carbocycles. The van der Waals surface area contributed by atoms with Crippen LogP contribution in [0.4, 0.5) is 17.1 Å². The Labute approximate surface area is 186 Å². The summed E-state index contributed by atoms with van der Waals surface area (Å²) in [5, 5.41) is 5.35. The van der Waals surface area contributed by atoms with E-state index >= 15 is 0 Å². The number of methoxy groups -OCH3 is 1. The number of benzene rings is 3. The second-order valence-corrected chi connectivity index (χ2v) is 8.70. The van der Waals surface area contributed by atoms with Crippen LogP contribution in [0.25, 0.3) is 0 Å². The maximum absolute atomic E-state index is 13.0.